The molecule has 7 nitrogen and oxygen atoms in total. The second kappa shape index (κ2) is 9.72. The summed E-state index contributed by atoms with van der Waals surface area (Å²) in [5.74, 6) is -0.960. The Morgan fingerprint density at radius 2 is 1.82 bits per heavy atom. The Hall–Kier alpha value is -3.84. The van der Waals surface area contributed by atoms with Gasteiger partial charge in [0.15, 0.2) is 17.2 Å². The van der Waals surface area contributed by atoms with Gasteiger partial charge in [-0.05, 0) is 98.9 Å². The lowest BCUT2D eigenvalue weighted by molar-refractivity contribution is -0.139. The lowest BCUT2D eigenvalue weighted by Crippen LogP contribution is -2.56. The average Bonchev–Trinajstić information content (AvgIpc) is 2.89. The van der Waals surface area contributed by atoms with Crippen LogP contribution in [0.1, 0.15) is 60.7 Å². The summed E-state index contributed by atoms with van der Waals surface area (Å²) in [6, 6.07) is 9.66. The minimum absolute atomic E-state index is 0.0678. The number of nitrogens with zero attached hydrogens (tertiary/aromatic N) is 1. The van der Waals surface area contributed by atoms with Crippen molar-refractivity contribution in [1.29, 1.82) is 0 Å². The van der Waals surface area contributed by atoms with Crippen LogP contribution in [-0.4, -0.2) is 48.5 Å². The van der Waals surface area contributed by atoms with Crippen molar-refractivity contribution < 1.29 is 29.1 Å². The second-order valence-corrected chi connectivity index (χ2v) is 10.9. The number of rotatable bonds is 5. The van der Waals surface area contributed by atoms with Crippen molar-refractivity contribution in [2.75, 3.05) is 14.2 Å². The molecule has 0 spiro atoms. The number of aliphatic hydroxyl groups is 1. The Labute approximate surface area is 228 Å². The van der Waals surface area contributed by atoms with Crippen LogP contribution in [0, 0.1) is 18.8 Å². The van der Waals surface area contributed by atoms with E-state index >= 15 is 0 Å². The molecular weight excluding hydrogens is 494 g/mol. The molecule has 2 aromatic carbocycles. The molecule has 0 radical (unpaired) electrons. The van der Waals surface area contributed by atoms with Gasteiger partial charge in [0.2, 0.25) is 5.78 Å². The number of methoxy groups -OCH3 is 1. The van der Waals surface area contributed by atoms with Crippen molar-refractivity contribution in [2.45, 2.75) is 52.6 Å². The smallest absolute Gasteiger partial charge is 0.202 e. The van der Waals surface area contributed by atoms with Gasteiger partial charge in [-0.2, -0.15) is 0 Å². The predicted octanol–water partition coefficient (Wildman–Crippen LogP) is 4.95. The molecule has 3 aliphatic carbocycles. The number of benzene rings is 2. The highest BCUT2D eigenvalue weighted by atomic mass is 16.6. The standard InChI is InChI=1S/C32H33NO6/c1-16-7-9-23(24-12-20(15-33-39-6)8-10-26(24)38-5)25-14-21-13-22-11-17(2)27(19(4)34)31(36)32(22,37)18(3)29(21)30(35)28(16)25/h7-10,12,15,21-22,37H,11,13-14H2,1-6H3/t21-,22-,32-/m1/s1. The monoisotopic (exact) mass is 527 g/mol. The molecule has 0 bridgehead atoms. The summed E-state index contributed by atoms with van der Waals surface area (Å²) in [4.78, 5) is 44.9. The van der Waals surface area contributed by atoms with Crippen LogP contribution in [-0.2, 0) is 20.8 Å². The van der Waals surface area contributed by atoms with Crippen molar-refractivity contribution in [3.05, 3.63) is 74.9 Å². The first-order valence-corrected chi connectivity index (χ1v) is 13.2. The number of aryl methyl sites for hydroxylation is 1. The topological polar surface area (TPSA) is 102 Å². The van der Waals surface area contributed by atoms with Crippen LogP contribution in [0.5, 0.6) is 5.75 Å². The third kappa shape index (κ3) is 3.98. The fourth-order valence-electron chi connectivity index (χ4n) is 6.95. The van der Waals surface area contributed by atoms with Gasteiger partial charge in [-0.15, -0.1) is 0 Å². The SMILES string of the molecule is CON=Cc1ccc(OC)c(-c2ccc(C)c3c2C[C@H]2C[C@H]4CC(C)=C(C(C)=O)C(=O)[C@@]4(O)C(C)=C2C3=O)c1. The van der Waals surface area contributed by atoms with Gasteiger partial charge in [0.1, 0.15) is 12.9 Å². The highest BCUT2D eigenvalue weighted by Gasteiger charge is 2.56. The molecule has 202 valence electrons. The normalized spacial score (nSPS) is 24.5. The summed E-state index contributed by atoms with van der Waals surface area (Å²) in [7, 11) is 3.10. The molecule has 7 heteroatoms. The zero-order valence-corrected chi connectivity index (χ0v) is 23.2. The van der Waals surface area contributed by atoms with Gasteiger partial charge in [-0.25, -0.2) is 0 Å². The van der Waals surface area contributed by atoms with E-state index in [1.165, 1.54) is 14.0 Å². The molecule has 0 amide bonds. The van der Waals surface area contributed by atoms with E-state index in [9.17, 15) is 19.5 Å². The van der Waals surface area contributed by atoms with Crippen LogP contribution in [0.4, 0.5) is 0 Å². The molecule has 0 heterocycles. The van der Waals surface area contributed by atoms with E-state index in [1.54, 1.807) is 27.2 Å². The van der Waals surface area contributed by atoms with Gasteiger partial charge in [-0.1, -0.05) is 22.9 Å². The number of allylic oxidation sites excluding steroid dienone is 2. The summed E-state index contributed by atoms with van der Waals surface area (Å²) >= 11 is 0. The largest absolute Gasteiger partial charge is 0.496 e. The van der Waals surface area contributed by atoms with E-state index in [2.05, 4.69) is 5.16 Å². The number of hydrogen-bond donors (Lipinski definition) is 1. The Morgan fingerprint density at radius 3 is 2.49 bits per heavy atom. The minimum atomic E-state index is -1.84. The van der Waals surface area contributed by atoms with Crippen molar-refractivity contribution >= 4 is 23.6 Å². The van der Waals surface area contributed by atoms with Crippen LogP contribution >= 0.6 is 0 Å². The van der Waals surface area contributed by atoms with Gasteiger partial charge in [0, 0.05) is 22.6 Å². The lowest BCUT2D eigenvalue weighted by Gasteiger charge is -2.48. The molecule has 39 heavy (non-hydrogen) atoms. The van der Waals surface area contributed by atoms with Crippen LogP contribution in [0.2, 0.25) is 0 Å². The molecule has 0 unspecified atom stereocenters. The zero-order chi connectivity index (χ0) is 28.2. The van der Waals surface area contributed by atoms with Crippen molar-refractivity contribution in [3.8, 4) is 16.9 Å². The summed E-state index contributed by atoms with van der Waals surface area (Å²) in [5, 5.41) is 15.7. The molecule has 3 aliphatic rings. The van der Waals surface area contributed by atoms with Crippen LogP contribution < -0.4 is 4.74 Å². The fraction of sp³-hybridized carbons (Fsp3) is 0.375. The number of ketones is 3. The first-order valence-electron chi connectivity index (χ1n) is 13.2. The highest BCUT2D eigenvalue weighted by molar-refractivity contribution is 6.25. The van der Waals surface area contributed by atoms with Gasteiger partial charge in [0.05, 0.1) is 18.9 Å². The Bertz CT molecular complexity index is 1530. The summed E-state index contributed by atoms with van der Waals surface area (Å²) in [5.41, 5.74) is 4.76. The Balaban J connectivity index is 1.68. The van der Waals surface area contributed by atoms with Gasteiger partial charge >= 0.3 is 0 Å². The van der Waals surface area contributed by atoms with E-state index in [0.717, 1.165) is 27.8 Å². The lowest BCUT2D eigenvalue weighted by atomic mass is 9.57. The Morgan fingerprint density at radius 1 is 1.08 bits per heavy atom. The first-order chi connectivity index (χ1) is 18.5. The number of hydrogen-bond acceptors (Lipinski definition) is 7. The van der Waals surface area contributed by atoms with Crippen molar-refractivity contribution in [3.63, 3.8) is 0 Å². The summed E-state index contributed by atoms with van der Waals surface area (Å²) < 4.78 is 5.69. The van der Waals surface area contributed by atoms with Crippen LogP contribution in [0.15, 0.2) is 57.8 Å². The predicted molar refractivity (Wildman–Crippen MR) is 148 cm³/mol. The molecule has 0 aliphatic heterocycles. The van der Waals surface area contributed by atoms with Crippen LogP contribution in [0.25, 0.3) is 11.1 Å². The number of carbonyl (C=O) groups excluding carboxylic acids is 3. The summed E-state index contributed by atoms with van der Waals surface area (Å²) in [6.45, 7) is 6.74. The van der Waals surface area contributed by atoms with E-state index in [-0.39, 0.29) is 23.1 Å². The van der Waals surface area contributed by atoms with E-state index < -0.39 is 17.3 Å². The number of Topliss-reactive ketones (excluding diaryl/α,β-unsaturated/α-hetero) is 3. The van der Waals surface area contributed by atoms with Gasteiger partial charge in [0.25, 0.3) is 0 Å². The molecular formula is C32H33NO6. The van der Waals surface area contributed by atoms with Crippen molar-refractivity contribution in [2.24, 2.45) is 17.0 Å². The molecule has 1 N–H and O–H groups in total. The minimum Gasteiger partial charge on any atom is -0.496 e. The molecule has 0 saturated carbocycles. The number of carbonyl (C=O) groups is 3. The molecule has 5 rings (SSSR count). The number of ether oxygens (including phenoxy) is 1. The third-order valence-electron chi connectivity index (χ3n) is 8.71. The maximum atomic E-state index is 14.2. The van der Waals surface area contributed by atoms with Crippen LogP contribution in [0.3, 0.4) is 0 Å². The maximum Gasteiger partial charge on any atom is 0.202 e. The maximum absolute atomic E-state index is 14.2. The molecule has 2 aromatic rings. The fourth-order valence-corrected chi connectivity index (χ4v) is 6.95. The molecule has 0 aromatic heterocycles. The average molecular weight is 528 g/mol. The molecule has 3 atom stereocenters. The molecule has 0 fully saturated rings. The van der Waals surface area contributed by atoms with Crippen molar-refractivity contribution in [1.82, 2.24) is 0 Å². The number of oxime groups is 1. The quantitative estimate of drug-likeness (QED) is 0.335. The summed E-state index contributed by atoms with van der Waals surface area (Å²) in [6.07, 6.45) is 3.13. The number of fused-ring (bicyclic) bond motifs is 3. The zero-order valence-electron chi connectivity index (χ0n) is 23.2. The van der Waals surface area contributed by atoms with Gasteiger partial charge < -0.3 is 14.7 Å². The van der Waals surface area contributed by atoms with E-state index in [0.29, 0.717) is 47.3 Å². The Kier molecular flexibility index (Phi) is 6.67. The first kappa shape index (κ1) is 26.8. The van der Waals surface area contributed by atoms with Gasteiger partial charge in [-0.3, -0.25) is 14.4 Å². The second-order valence-electron chi connectivity index (χ2n) is 10.9. The molecule has 0 saturated heterocycles. The highest BCUT2D eigenvalue weighted by Crippen LogP contribution is 2.53. The third-order valence-corrected chi connectivity index (χ3v) is 8.71. The van der Waals surface area contributed by atoms with E-state index in [1.807, 2.05) is 37.3 Å². The van der Waals surface area contributed by atoms with E-state index in [4.69, 9.17) is 9.57 Å².